The monoisotopic (exact) mass is 238 g/mol. The summed E-state index contributed by atoms with van der Waals surface area (Å²) in [6, 6.07) is 17.2. The van der Waals surface area contributed by atoms with Crippen LogP contribution in [0.2, 0.25) is 0 Å². The van der Waals surface area contributed by atoms with Crippen LogP contribution in [-0.2, 0) is 6.42 Å². The van der Waals surface area contributed by atoms with Crippen LogP contribution in [0, 0.1) is 11.3 Å². The van der Waals surface area contributed by atoms with E-state index < -0.39 is 0 Å². The van der Waals surface area contributed by atoms with Gasteiger partial charge in [0.25, 0.3) is 0 Å². The summed E-state index contributed by atoms with van der Waals surface area (Å²) in [5, 5.41) is 14.4. The molecule has 0 atom stereocenters. The van der Waals surface area contributed by atoms with Gasteiger partial charge in [-0.25, -0.2) is 0 Å². The molecule has 0 bridgehead atoms. The minimum Gasteiger partial charge on any atom is -0.316 e. The van der Waals surface area contributed by atoms with Gasteiger partial charge in [0.05, 0.1) is 6.07 Å². The first kappa shape index (κ1) is 12.6. The molecule has 0 aliphatic heterocycles. The zero-order chi connectivity index (χ0) is 12.6. The van der Waals surface area contributed by atoms with Gasteiger partial charge < -0.3 is 5.32 Å². The fraction of sp³-hybridized carbons (Fsp3) is 0.312. The lowest BCUT2D eigenvalue weighted by Gasteiger charge is -2.05. The first-order valence-electron chi connectivity index (χ1n) is 6.45. The third-order valence-electron chi connectivity index (χ3n) is 3.05. The van der Waals surface area contributed by atoms with Crippen molar-refractivity contribution in [3.8, 4) is 6.07 Å². The summed E-state index contributed by atoms with van der Waals surface area (Å²) < 4.78 is 0. The van der Waals surface area contributed by atoms with Gasteiger partial charge in [-0.15, -0.1) is 0 Å². The average molecular weight is 238 g/mol. The Balaban J connectivity index is 1.83. The normalized spacial score (nSPS) is 10.4. The highest BCUT2D eigenvalue weighted by Crippen LogP contribution is 2.15. The zero-order valence-electron chi connectivity index (χ0n) is 10.5. The highest BCUT2D eigenvalue weighted by atomic mass is 14.8. The predicted molar refractivity (Wildman–Crippen MR) is 75.4 cm³/mol. The number of nitrogens with one attached hydrogen (secondary N) is 1. The van der Waals surface area contributed by atoms with E-state index in [0.29, 0.717) is 6.42 Å². The lowest BCUT2D eigenvalue weighted by Crippen LogP contribution is -2.18. The molecule has 1 N–H and O–H groups in total. The van der Waals surface area contributed by atoms with Crippen LogP contribution in [0.1, 0.15) is 18.4 Å². The van der Waals surface area contributed by atoms with Crippen molar-refractivity contribution in [2.75, 3.05) is 13.1 Å². The summed E-state index contributed by atoms with van der Waals surface area (Å²) in [4.78, 5) is 0. The second-order valence-electron chi connectivity index (χ2n) is 4.44. The van der Waals surface area contributed by atoms with Gasteiger partial charge in [0.2, 0.25) is 0 Å². The molecule has 0 saturated carbocycles. The Morgan fingerprint density at radius 1 is 1.00 bits per heavy atom. The van der Waals surface area contributed by atoms with E-state index in [-0.39, 0.29) is 0 Å². The standard InChI is InChI=1S/C16H18N2/c17-10-3-4-11-18-12-9-14-7-8-15-5-1-2-6-16(15)13-14/h1-2,5-8,13,18H,3-4,9,11-12H2. The number of fused-ring (bicyclic) bond motifs is 1. The summed E-state index contributed by atoms with van der Waals surface area (Å²) in [5.41, 5.74) is 1.36. The van der Waals surface area contributed by atoms with Crippen molar-refractivity contribution < 1.29 is 0 Å². The maximum absolute atomic E-state index is 8.42. The molecule has 0 amide bonds. The number of hydrogen-bond acceptors (Lipinski definition) is 2. The van der Waals surface area contributed by atoms with E-state index >= 15 is 0 Å². The van der Waals surface area contributed by atoms with Crippen LogP contribution in [0.5, 0.6) is 0 Å². The molecule has 0 fully saturated rings. The lowest BCUT2D eigenvalue weighted by molar-refractivity contribution is 0.655. The van der Waals surface area contributed by atoms with Gasteiger partial charge in [0, 0.05) is 6.42 Å². The Bertz CT molecular complexity index is 540. The number of hydrogen-bond donors (Lipinski definition) is 1. The Labute approximate surface area is 108 Å². The van der Waals surface area contributed by atoms with E-state index in [2.05, 4.69) is 53.9 Å². The van der Waals surface area contributed by atoms with Gasteiger partial charge >= 0.3 is 0 Å². The van der Waals surface area contributed by atoms with Crippen molar-refractivity contribution in [3.63, 3.8) is 0 Å². The second-order valence-corrected chi connectivity index (χ2v) is 4.44. The van der Waals surface area contributed by atoms with Crippen molar-refractivity contribution in [1.29, 1.82) is 5.26 Å². The summed E-state index contributed by atoms with van der Waals surface area (Å²) >= 11 is 0. The van der Waals surface area contributed by atoms with Crippen molar-refractivity contribution in [2.45, 2.75) is 19.3 Å². The summed E-state index contributed by atoms with van der Waals surface area (Å²) in [6.07, 6.45) is 2.62. The first-order valence-corrected chi connectivity index (χ1v) is 6.45. The van der Waals surface area contributed by atoms with Crippen LogP contribution in [0.4, 0.5) is 0 Å². The molecule has 0 heterocycles. The lowest BCUT2D eigenvalue weighted by atomic mass is 10.1. The van der Waals surface area contributed by atoms with E-state index in [0.717, 1.165) is 25.9 Å². The maximum Gasteiger partial charge on any atom is 0.0622 e. The zero-order valence-corrected chi connectivity index (χ0v) is 10.5. The molecular formula is C16H18N2. The molecule has 0 unspecified atom stereocenters. The third-order valence-corrected chi connectivity index (χ3v) is 3.05. The Morgan fingerprint density at radius 3 is 2.67 bits per heavy atom. The SMILES string of the molecule is N#CCCCNCCc1ccc2ccccc2c1. The summed E-state index contributed by atoms with van der Waals surface area (Å²) in [7, 11) is 0. The van der Waals surface area contributed by atoms with E-state index in [1.54, 1.807) is 0 Å². The van der Waals surface area contributed by atoms with Crippen LogP contribution >= 0.6 is 0 Å². The maximum atomic E-state index is 8.42. The molecule has 2 nitrogen and oxygen atoms in total. The van der Waals surface area contributed by atoms with Crippen LogP contribution in [0.25, 0.3) is 10.8 Å². The van der Waals surface area contributed by atoms with E-state index in [9.17, 15) is 0 Å². The molecule has 0 saturated heterocycles. The number of rotatable bonds is 6. The number of nitriles is 1. The van der Waals surface area contributed by atoms with Crippen LogP contribution in [-0.4, -0.2) is 13.1 Å². The minimum atomic E-state index is 0.642. The van der Waals surface area contributed by atoms with Crippen LogP contribution in [0.3, 0.4) is 0 Å². The quantitative estimate of drug-likeness (QED) is 0.784. The van der Waals surface area contributed by atoms with Crippen molar-refractivity contribution in [3.05, 3.63) is 48.0 Å². The second kappa shape index (κ2) is 6.78. The number of nitrogens with zero attached hydrogens (tertiary/aromatic N) is 1. The summed E-state index contributed by atoms with van der Waals surface area (Å²) in [6.45, 7) is 1.91. The van der Waals surface area contributed by atoms with Gasteiger partial charge in [0.1, 0.15) is 0 Å². The van der Waals surface area contributed by atoms with Gasteiger partial charge in [0.15, 0.2) is 0 Å². The molecule has 0 radical (unpaired) electrons. The number of unbranched alkanes of at least 4 members (excludes halogenated alkanes) is 1. The molecule has 2 heteroatoms. The van der Waals surface area contributed by atoms with Crippen LogP contribution < -0.4 is 5.32 Å². The van der Waals surface area contributed by atoms with Crippen molar-refractivity contribution in [2.24, 2.45) is 0 Å². The largest absolute Gasteiger partial charge is 0.316 e. The molecule has 92 valence electrons. The molecule has 0 spiro atoms. The molecule has 18 heavy (non-hydrogen) atoms. The first-order chi connectivity index (χ1) is 8.90. The molecule has 2 aromatic rings. The fourth-order valence-electron chi connectivity index (χ4n) is 2.04. The van der Waals surface area contributed by atoms with Crippen molar-refractivity contribution >= 4 is 10.8 Å². The predicted octanol–water partition coefficient (Wildman–Crippen LogP) is 3.28. The van der Waals surface area contributed by atoms with Gasteiger partial charge in [-0.1, -0.05) is 42.5 Å². The van der Waals surface area contributed by atoms with E-state index in [1.807, 2.05) is 0 Å². The Hall–Kier alpha value is -1.85. The highest BCUT2D eigenvalue weighted by Gasteiger charge is 1.96. The third kappa shape index (κ3) is 3.58. The fourth-order valence-corrected chi connectivity index (χ4v) is 2.04. The molecule has 0 aromatic heterocycles. The van der Waals surface area contributed by atoms with Crippen molar-refractivity contribution in [1.82, 2.24) is 5.32 Å². The van der Waals surface area contributed by atoms with Gasteiger partial charge in [-0.3, -0.25) is 0 Å². The summed E-state index contributed by atoms with van der Waals surface area (Å²) in [5.74, 6) is 0. The number of benzene rings is 2. The minimum absolute atomic E-state index is 0.642. The van der Waals surface area contributed by atoms with Gasteiger partial charge in [-0.2, -0.15) is 5.26 Å². The van der Waals surface area contributed by atoms with E-state index in [4.69, 9.17) is 5.26 Å². The van der Waals surface area contributed by atoms with Crippen LogP contribution in [0.15, 0.2) is 42.5 Å². The molecular weight excluding hydrogens is 220 g/mol. The molecule has 2 rings (SSSR count). The Morgan fingerprint density at radius 2 is 1.83 bits per heavy atom. The Kier molecular flexibility index (Phi) is 4.75. The molecule has 0 aliphatic rings. The molecule has 2 aromatic carbocycles. The average Bonchev–Trinajstić information content (AvgIpc) is 2.42. The highest BCUT2D eigenvalue weighted by molar-refractivity contribution is 5.82. The topological polar surface area (TPSA) is 35.8 Å². The van der Waals surface area contributed by atoms with Gasteiger partial charge in [-0.05, 0) is 42.3 Å². The molecule has 0 aliphatic carbocycles. The smallest absolute Gasteiger partial charge is 0.0622 e. The van der Waals surface area contributed by atoms with E-state index in [1.165, 1.54) is 16.3 Å².